The van der Waals surface area contributed by atoms with Gasteiger partial charge in [0.15, 0.2) is 0 Å². The Bertz CT molecular complexity index is 587. The molecule has 0 aromatic heterocycles. The molecule has 1 unspecified atom stereocenters. The highest BCUT2D eigenvalue weighted by Crippen LogP contribution is 2.25. The van der Waals surface area contributed by atoms with Gasteiger partial charge in [0, 0.05) is 19.1 Å². The number of nitrogens with one attached hydrogen (secondary N) is 1. The standard InChI is InChI=1S/C15H24N2O3S/c1-4-14-11-20-8-7-17(14)21(18,19)15-9-13(10-16-3)6-5-12(15)2/h5-6,9,14,16H,4,7-8,10-11H2,1-3H3. The van der Waals surface area contributed by atoms with Gasteiger partial charge < -0.3 is 10.1 Å². The van der Waals surface area contributed by atoms with E-state index in [2.05, 4.69) is 5.32 Å². The Kier molecular flexibility index (Phi) is 5.37. The van der Waals surface area contributed by atoms with Crippen molar-refractivity contribution in [2.75, 3.05) is 26.8 Å². The van der Waals surface area contributed by atoms with Gasteiger partial charge in [-0.2, -0.15) is 4.31 Å². The molecule has 0 aliphatic carbocycles. The molecule has 2 rings (SSSR count). The van der Waals surface area contributed by atoms with Crippen LogP contribution in [0.4, 0.5) is 0 Å². The van der Waals surface area contributed by atoms with Crippen molar-refractivity contribution in [3.8, 4) is 0 Å². The predicted molar refractivity (Wildman–Crippen MR) is 82.7 cm³/mol. The molecule has 1 aliphatic heterocycles. The number of ether oxygens (including phenoxy) is 1. The summed E-state index contributed by atoms with van der Waals surface area (Å²) in [5.41, 5.74) is 1.76. The second-order valence-electron chi connectivity index (χ2n) is 5.38. The van der Waals surface area contributed by atoms with Crippen molar-refractivity contribution in [1.29, 1.82) is 0 Å². The Morgan fingerprint density at radius 3 is 2.86 bits per heavy atom. The Morgan fingerprint density at radius 1 is 1.43 bits per heavy atom. The molecule has 0 amide bonds. The van der Waals surface area contributed by atoms with Crippen LogP contribution in [0.3, 0.4) is 0 Å². The first-order valence-corrected chi connectivity index (χ1v) is 8.78. The van der Waals surface area contributed by atoms with Crippen LogP contribution < -0.4 is 5.32 Å². The van der Waals surface area contributed by atoms with E-state index in [-0.39, 0.29) is 6.04 Å². The highest BCUT2D eigenvalue weighted by molar-refractivity contribution is 7.89. The molecule has 0 spiro atoms. The minimum absolute atomic E-state index is 0.0730. The van der Waals surface area contributed by atoms with Crippen LogP contribution in [0.1, 0.15) is 24.5 Å². The summed E-state index contributed by atoms with van der Waals surface area (Å²) in [6.45, 7) is 5.86. The molecule has 1 saturated heterocycles. The van der Waals surface area contributed by atoms with Crippen LogP contribution in [0.25, 0.3) is 0 Å². The number of hydrogen-bond acceptors (Lipinski definition) is 4. The molecular formula is C15H24N2O3S. The fraction of sp³-hybridized carbons (Fsp3) is 0.600. The maximum atomic E-state index is 13.0. The van der Waals surface area contributed by atoms with Crippen LogP contribution in [0.15, 0.2) is 23.1 Å². The average molecular weight is 312 g/mol. The highest BCUT2D eigenvalue weighted by atomic mass is 32.2. The third-order valence-electron chi connectivity index (χ3n) is 3.86. The Hall–Kier alpha value is -0.950. The molecule has 0 radical (unpaired) electrons. The molecule has 1 aromatic carbocycles. The lowest BCUT2D eigenvalue weighted by Gasteiger charge is -2.34. The van der Waals surface area contributed by atoms with Gasteiger partial charge >= 0.3 is 0 Å². The molecular weight excluding hydrogens is 288 g/mol. The van der Waals surface area contributed by atoms with E-state index in [1.807, 2.05) is 33.0 Å². The van der Waals surface area contributed by atoms with Crippen LogP contribution in [0, 0.1) is 6.92 Å². The average Bonchev–Trinajstić information content (AvgIpc) is 2.49. The summed E-state index contributed by atoms with van der Waals surface area (Å²) in [5, 5.41) is 3.05. The number of morpholine rings is 1. The first kappa shape index (κ1) is 16.4. The number of sulfonamides is 1. The van der Waals surface area contributed by atoms with Crippen molar-refractivity contribution in [3.63, 3.8) is 0 Å². The lowest BCUT2D eigenvalue weighted by molar-refractivity contribution is 0.0314. The van der Waals surface area contributed by atoms with E-state index in [0.717, 1.165) is 17.5 Å². The zero-order valence-corrected chi connectivity index (χ0v) is 13.7. The molecule has 1 heterocycles. The van der Waals surface area contributed by atoms with Gasteiger partial charge in [-0.3, -0.25) is 0 Å². The predicted octanol–water partition coefficient (Wildman–Crippen LogP) is 1.51. The van der Waals surface area contributed by atoms with Crippen LogP contribution in [0.2, 0.25) is 0 Å². The van der Waals surface area contributed by atoms with E-state index in [0.29, 0.717) is 31.2 Å². The van der Waals surface area contributed by atoms with Crippen molar-refractivity contribution < 1.29 is 13.2 Å². The highest BCUT2D eigenvalue weighted by Gasteiger charge is 2.33. The third-order valence-corrected chi connectivity index (χ3v) is 5.96. The van der Waals surface area contributed by atoms with Gasteiger partial charge in [-0.05, 0) is 37.6 Å². The number of benzene rings is 1. The van der Waals surface area contributed by atoms with Crippen LogP contribution in [-0.4, -0.2) is 45.6 Å². The van der Waals surface area contributed by atoms with Gasteiger partial charge in [0.05, 0.1) is 18.1 Å². The van der Waals surface area contributed by atoms with Crippen molar-refractivity contribution >= 4 is 10.0 Å². The summed E-state index contributed by atoms with van der Waals surface area (Å²) in [7, 11) is -1.62. The number of nitrogens with zero attached hydrogens (tertiary/aromatic N) is 1. The van der Waals surface area contributed by atoms with E-state index < -0.39 is 10.0 Å². The van der Waals surface area contributed by atoms with E-state index >= 15 is 0 Å². The molecule has 0 bridgehead atoms. The van der Waals surface area contributed by atoms with Crippen LogP contribution >= 0.6 is 0 Å². The summed E-state index contributed by atoms with van der Waals surface area (Å²) in [5.74, 6) is 0. The van der Waals surface area contributed by atoms with Gasteiger partial charge in [-0.25, -0.2) is 8.42 Å². The number of aryl methyl sites for hydroxylation is 1. The third kappa shape index (κ3) is 3.45. The largest absolute Gasteiger partial charge is 0.378 e. The summed E-state index contributed by atoms with van der Waals surface area (Å²) >= 11 is 0. The van der Waals surface area contributed by atoms with E-state index in [1.165, 1.54) is 0 Å². The van der Waals surface area contributed by atoms with Crippen molar-refractivity contribution in [1.82, 2.24) is 9.62 Å². The molecule has 6 heteroatoms. The zero-order valence-electron chi connectivity index (χ0n) is 12.9. The van der Waals surface area contributed by atoms with E-state index in [9.17, 15) is 8.42 Å². The molecule has 0 saturated carbocycles. The number of rotatable bonds is 5. The van der Waals surface area contributed by atoms with Gasteiger partial charge in [-0.15, -0.1) is 0 Å². The van der Waals surface area contributed by atoms with Gasteiger partial charge in [0.1, 0.15) is 0 Å². The van der Waals surface area contributed by atoms with Crippen molar-refractivity contribution in [2.24, 2.45) is 0 Å². The smallest absolute Gasteiger partial charge is 0.243 e. The van der Waals surface area contributed by atoms with E-state index in [4.69, 9.17) is 4.74 Å². The normalized spacial score (nSPS) is 20.6. The fourth-order valence-corrected chi connectivity index (χ4v) is 4.59. The molecule has 1 atom stereocenters. The Labute approximate surface area is 127 Å². The quantitative estimate of drug-likeness (QED) is 0.895. The number of hydrogen-bond donors (Lipinski definition) is 1. The van der Waals surface area contributed by atoms with E-state index in [1.54, 1.807) is 10.4 Å². The zero-order chi connectivity index (χ0) is 15.5. The molecule has 118 valence electrons. The van der Waals surface area contributed by atoms with Gasteiger partial charge in [-0.1, -0.05) is 19.1 Å². The maximum absolute atomic E-state index is 13.0. The van der Waals surface area contributed by atoms with Crippen LogP contribution in [0.5, 0.6) is 0 Å². The molecule has 21 heavy (non-hydrogen) atoms. The van der Waals surface area contributed by atoms with Crippen LogP contribution in [-0.2, 0) is 21.3 Å². The monoisotopic (exact) mass is 312 g/mol. The van der Waals surface area contributed by atoms with Gasteiger partial charge in [0.2, 0.25) is 10.0 Å². The Morgan fingerprint density at radius 2 is 2.19 bits per heavy atom. The second-order valence-corrected chi connectivity index (χ2v) is 7.24. The maximum Gasteiger partial charge on any atom is 0.243 e. The first-order valence-electron chi connectivity index (χ1n) is 7.34. The molecule has 1 aromatic rings. The summed E-state index contributed by atoms with van der Waals surface area (Å²) in [6, 6.07) is 5.54. The molecule has 5 nitrogen and oxygen atoms in total. The minimum Gasteiger partial charge on any atom is -0.378 e. The van der Waals surface area contributed by atoms with Crippen molar-refractivity contribution in [2.45, 2.75) is 37.8 Å². The minimum atomic E-state index is -3.47. The summed E-state index contributed by atoms with van der Waals surface area (Å²) in [4.78, 5) is 0.413. The summed E-state index contributed by atoms with van der Waals surface area (Å²) in [6.07, 6.45) is 0.758. The van der Waals surface area contributed by atoms with Crippen molar-refractivity contribution in [3.05, 3.63) is 29.3 Å². The molecule has 1 N–H and O–H groups in total. The molecule has 1 aliphatic rings. The lowest BCUT2D eigenvalue weighted by Crippen LogP contribution is -2.48. The first-order chi connectivity index (χ1) is 10.0. The SMILES string of the molecule is CCC1COCCN1S(=O)(=O)c1cc(CNC)ccc1C. The second kappa shape index (κ2) is 6.87. The summed E-state index contributed by atoms with van der Waals surface area (Å²) < 4.78 is 33.0. The topological polar surface area (TPSA) is 58.6 Å². The van der Waals surface area contributed by atoms with Gasteiger partial charge in [0.25, 0.3) is 0 Å². The lowest BCUT2D eigenvalue weighted by atomic mass is 10.1. The Balaban J connectivity index is 2.40. The fourth-order valence-electron chi connectivity index (χ4n) is 2.64. The molecule has 1 fully saturated rings.